The third-order valence-corrected chi connectivity index (χ3v) is 4.83. The highest BCUT2D eigenvalue weighted by molar-refractivity contribution is 7.80. The third-order valence-electron chi connectivity index (χ3n) is 3.82. The summed E-state index contributed by atoms with van der Waals surface area (Å²) in [5.41, 5.74) is 4.87. The molecule has 1 atom stereocenters. The van der Waals surface area contributed by atoms with Gasteiger partial charge in [-0.05, 0) is 42.5 Å². The minimum Gasteiger partial charge on any atom is -0.382 e. The quantitative estimate of drug-likeness (QED) is 0.171. The Hall–Kier alpha value is -2.27. The number of H-pyrrole nitrogens is 1. The molecule has 6 N–H and O–H groups in total. The first kappa shape index (κ1) is 21.4. The molecule has 0 aliphatic carbocycles. The lowest BCUT2D eigenvalue weighted by atomic mass is 10.0. The summed E-state index contributed by atoms with van der Waals surface area (Å²) in [6.45, 7) is 0. The molecule has 1 aromatic heterocycles. The van der Waals surface area contributed by atoms with Crippen LogP contribution in [0.3, 0.4) is 0 Å². The molecule has 0 radical (unpaired) electrons. The Morgan fingerprint density at radius 2 is 1.90 bits per heavy atom. The monoisotopic (exact) mass is 470 g/mol. The molecule has 3 aromatic rings. The highest BCUT2D eigenvalue weighted by atomic mass is 35.5. The second-order valence-corrected chi connectivity index (χ2v) is 7.42. The van der Waals surface area contributed by atoms with Gasteiger partial charge in [-0.2, -0.15) is 5.10 Å². The Labute approximate surface area is 184 Å². The minimum atomic E-state index is -1.42. The van der Waals surface area contributed by atoms with E-state index in [-0.39, 0.29) is 27.1 Å². The Morgan fingerprint density at radius 1 is 1.21 bits per heavy atom. The van der Waals surface area contributed by atoms with Gasteiger partial charge < -0.3 is 10.1 Å². The molecular weight excluding hydrogens is 459 g/mol. The van der Waals surface area contributed by atoms with E-state index >= 15 is 0 Å². The van der Waals surface area contributed by atoms with Gasteiger partial charge in [0, 0.05) is 20.6 Å². The van der Waals surface area contributed by atoms with Crippen molar-refractivity contribution >= 4 is 68.9 Å². The van der Waals surface area contributed by atoms with Crippen LogP contribution in [-0.2, 0) is 0 Å². The molecule has 0 spiro atoms. The zero-order valence-electron chi connectivity index (χ0n) is 14.4. The van der Waals surface area contributed by atoms with Crippen molar-refractivity contribution in [2.45, 2.75) is 6.10 Å². The number of aliphatic hydroxyl groups excluding tert-OH is 1. The first-order valence-electron chi connectivity index (χ1n) is 7.97. The molecule has 0 unspecified atom stereocenters. The van der Waals surface area contributed by atoms with Crippen molar-refractivity contribution in [1.29, 1.82) is 0 Å². The summed E-state index contributed by atoms with van der Waals surface area (Å²) < 4.78 is 0. The van der Waals surface area contributed by atoms with Crippen molar-refractivity contribution in [3.63, 3.8) is 0 Å². The Balaban J connectivity index is 2.16. The van der Waals surface area contributed by atoms with Crippen LogP contribution in [0.25, 0.3) is 11.0 Å². The number of thiocarbonyl (C=S) groups is 1. The van der Waals surface area contributed by atoms with E-state index in [1.807, 2.05) is 0 Å². The van der Waals surface area contributed by atoms with Crippen LogP contribution in [0.5, 0.6) is 0 Å². The molecular formula is C17H13Cl3N6O2S. The van der Waals surface area contributed by atoms with Crippen molar-refractivity contribution in [3.05, 3.63) is 73.1 Å². The molecule has 0 saturated carbocycles. The van der Waals surface area contributed by atoms with Gasteiger partial charge in [-0.1, -0.05) is 40.9 Å². The second-order valence-electron chi connectivity index (χ2n) is 5.73. The highest BCUT2D eigenvalue weighted by Crippen LogP contribution is 2.28. The van der Waals surface area contributed by atoms with Crippen LogP contribution in [-0.4, -0.2) is 25.9 Å². The average Bonchev–Trinajstić information content (AvgIpc) is 2.68. The summed E-state index contributed by atoms with van der Waals surface area (Å²) in [6, 6.07) is 9.31. The summed E-state index contributed by atoms with van der Waals surface area (Å²) in [5.74, 6) is 5.23. The fourth-order valence-corrected chi connectivity index (χ4v) is 3.22. The number of hydrazone groups is 1. The van der Waals surface area contributed by atoms with Crippen LogP contribution in [0.2, 0.25) is 15.1 Å². The van der Waals surface area contributed by atoms with Crippen LogP contribution in [0.15, 0.2) is 46.3 Å². The van der Waals surface area contributed by atoms with Gasteiger partial charge in [0.1, 0.15) is 11.8 Å². The molecule has 1 heterocycles. The van der Waals surface area contributed by atoms with E-state index in [1.165, 1.54) is 12.1 Å². The van der Waals surface area contributed by atoms with Crippen molar-refractivity contribution in [1.82, 2.24) is 20.8 Å². The molecule has 12 heteroatoms. The molecule has 0 aliphatic heterocycles. The smallest absolute Gasteiger partial charge is 0.276 e. The number of hydrogen-bond acceptors (Lipinski definition) is 6. The van der Waals surface area contributed by atoms with Gasteiger partial charge in [-0.15, -0.1) is 0 Å². The van der Waals surface area contributed by atoms with Gasteiger partial charge in [0.05, 0.1) is 11.0 Å². The lowest BCUT2D eigenvalue weighted by Gasteiger charge is -2.16. The number of halogens is 3. The van der Waals surface area contributed by atoms with Gasteiger partial charge in [0.25, 0.3) is 5.56 Å². The number of benzene rings is 2. The van der Waals surface area contributed by atoms with E-state index in [9.17, 15) is 9.90 Å². The molecule has 3 rings (SSSR count). The highest BCUT2D eigenvalue weighted by Gasteiger charge is 2.24. The van der Waals surface area contributed by atoms with Crippen LogP contribution < -0.4 is 22.3 Å². The van der Waals surface area contributed by atoms with Crippen molar-refractivity contribution in [3.8, 4) is 0 Å². The van der Waals surface area contributed by atoms with E-state index in [4.69, 9.17) is 52.9 Å². The number of nitrogens with zero attached hydrogens (tertiary/aromatic N) is 2. The van der Waals surface area contributed by atoms with Crippen LogP contribution in [0, 0.1) is 0 Å². The number of aromatic nitrogens is 2. The van der Waals surface area contributed by atoms with E-state index in [0.717, 1.165) is 0 Å². The zero-order chi connectivity index (χ0) is 21.1. The first-order chi connectivity index (χ1) is 13.8. The van der Waals surface area contributed by atoms with Crippen molar-refractivity contribution in [2.75, 3.05) is 0 Å². The third kappa shape index (κ3) is 4.84. The molecule has 0 aliphatic rings. The Bertz CT molecular complexity index is 1180. The summed E-state index contributed by atoms with van der Waals surface area (Å²) >= 11 is 23.0. The van der Waals surface area contributed by atoms with Gasteiger partial charge in [0.2, 0.25) is 5.11 Å². The average molecular weight is 472 g/mol. The predicted molar refractivity (Wildman–Crippen MR) is 118 cm³/mol. The molecule has 2 aromatic carbocycles. The number of nitrogens with one attached hydrogen (secondary N) is 3. The first-order valence-corrected chi connectivity index (χ1v) is 9.51. The van der Waals surface area contributed by atoms with Crippen molar-refractivity contribution in [2.24, 2.45) is 10.9 Å². The van der Waals surface area contributed by atoms with Crippen LogP contribution in [0.4, 0.5) is 0 Å². The van der Waals surface area contributed by atoms with Crippen LogP contribution >= 0.6 is 47.0 Å². The minimum absolute atomic E-state index is 0.0408. The van der Waals surface area contributed by atoms with E-state index < -0.39 is 11.7 Å². The molecule has 0 amide bonds. The van der Waals surface area contributed by atoms with E-state index in [0.29, 0.717) is 21.1 Å². The standard InChI is InChI=1S/C17H13Cl3N6O2S/c18-7-1-3-9(10(20)5-7)15(27)13(25-26-17(29)24-21)14-16(28)23-12-6-8(19)2-4-11(12)22-14/h1-6,15,27H,21H2,(H,23,28)(H2,24,26,29)/b25-13-/t15-/m0/s1. The largest absolute Gasteiger partial charge is 0.382 e. The number of aliphatic hydroxyl groups is 1. The lowest BCUT2D eigenvalue weighted by Crippen LogP contribution is -2.38. The normalized spacial score (nSPS) is 12.7. The molecule has 0 fully saturated rings. The summed E-state index contributed by atoms with van der Waals surface area (Å²) in [6.07, 6.45) is -1.42. The second kappa shape index (κ2) is 9.04. The van der Waals surface area contributed by atoms with Gasteiger partial charge >= 0.3 is 0 Å². The molecule has 0 saturated heterocycles. The maximum Gasteiger partial charge on any atom is 0.276 e. The number of nitrogens with two attached hydrogens (primary N) is 1. The molecule has 29 heavy (non-hydrogen) atoms. The van der Waals surface area contributed by atoms with Crippen LogP contribution in [0.1, 0.15) is 17.4 Å². The topological polar surface area (TPSA) is 128 Å². The summed E-state index contributed by atoms with van der Waals surface area (Å²) in [7, 11) is 0. The van der Waals surface area contributed by atoms with E-state index in [1.54, 1.807) is 24.3 Å². The molecule has 8 nitrogen and oxygen atoms in total. The molecule has 0 bridgehead atoms. The maximum absolute atomic E-state index is 12.7. The van der Waals surface area contributed by atoms with E-state index in [2.05, 4.69) is 25.9 Å². The van der Waals surface area contributed by atoms with Gasteiger partial charge in [0.15, 0.2) is 5.69 Å². The fraction of sp³-hybridized carbons (Fsp3) is 0.0588. The number of hydrazine groups is 1. The van der Waals surface area contributed by atoms with Gasteiger partial charge in [-0.3, -0.25) is 15.6 Å². The zero-order valence-corrected chi connectivity index (χ0v) is 17.5. The lowest BCUT2D eigenvalue weighted by molar-refractivity contribution is 0.247. The predicted octanol–water partition coefficient (Wildman–Crippen LogP) is 2.66. The number of aromatic amines is 1. The maximum atomic E-state index is 12.7. The SMILES string of the molecule is NNC(=S)N/N=C(/c1nc2ccc(Cl)cc2[nH]c1=O)[C@@H](O)c1ccc(Cl)cc1Cl. The fourth-order valence-electron chi connectivity index (χ4n) is 2.49. The Kier molecular flexibility index (Phi) is 6.68. The van der Waals surface area contributed by atoms with Gasteiger partial charge in [-0.25, -0.2) is 10.8 Å². The Morgan fingerprint density at radius 3 is 2.59 bits per heavy atom. The molecule has 150 valence electrons. The number of rotatable bonds is 4. The summed E-state index contributed by atoms with van der Waals surface area (Å²) in [4.78, 5) is 19.6. The number of hydrogen-bond donors (Lipinski definition) is 5. The van der Waals surface area contributed by atoms with Crippen molar-refractivity contribution < 1.29 is 5.11 Å². The number of fused-ring (bicyclic) bond motifs is 1. The summed E-state index contributed by atoms with van der Waals surface area (Å²) in [5, 5.41) is 15.9.